The molecule has 0 amide bonds. The molecule has 16 aromatic rings. The topological polar surface area (TPSA) is 6.48 Å². The summed E-state index contributed by atoms with van der Waals surface area (Å²) in [5.74, 6) is 0. The van der Waals surface area contributed by atoms with E-state index in [4.69, 9.17) is 0 Å². The second-order valence-electron chi connectivity index (χ2n) is 26.5. The zero-order valence-electron chi connectivity index (χ0n) is 54.7. The molecule has 98 heavy (non-hydrogen) atoms. The Morgan fingerprint density at radius 2 is 0.571 bits per heavy atom. The van der Waals surface area contributed by atoms with Crippen molar-refractivity contribution < 1.29 is 0 Å². The second kappa shape index (κ2) is 23.8. The molecule has 0 heterocycles. The van der Waals surface area contributed by atoms with Gasteiger partial charge in [-0.25, -0.2) is 0 Å². The molecule has 462 valence electrons. The molecule has 0 spiro atoms. The first kappa shape index (κ1) is 58.2. The van der Waals surface area contributed by atoms with Gasteiger partial charge in [-0.3, -0.25) is 0 Å². The van der Waals surface area contributed by atoms with Crippen LogP contribution < -0.4 is 9.80 Å². The third kappa shape index (κ3) is 9.54. The molecule has 0 bridgehead atoms. The minimum Gasteiger partial charge on any atom is -0.309 e. The highest BCUT2D eigenvalue weighted by molar-refractivity contribution is 6.07. The van der Waals surface area contributed by atoms with Crippen molar-refractivity contribution in [3.8, 4) is 77.9 Å². The average Bonchev–Trinajstić information content (AvgIpc) is 1.56. The summed E-state index contributed by atoms with van der Waals surface area (Å²) in [4.78, 5) is 5.07. The maximum Gasteiger partial charge on any atom is 0.0543 e. The molecular formula is C96H68N2. The van der Waals surface area contributed by atoms with Crippen molar-refractivity contribution in [1.82, 2.24) is 0 Å². The number of fused-ring (bicyclic) bond motifs is 8. The predicted octanol–water partition coefficient (Wildman–Crippen LogP) is 25.9. The summed E-state index contributed by atoms with van der Waals surface area (Å²) in [5.41, 5.74) is 30.3. The van der Waals surface area contributed by atoms with Gasteiger partial charge in [0.2, 0.25) is 0 Å². The molecule has 0 saturated heterocycles. The summed E-state index contributed by atoms with van der Waals surface area (Å²) in [6, 6.07) is 140. The molecule has 2 heteroatoms. The molecule has 0 saturated carbocycles. The van der Waals surface area contributed by atoms with Crippen LogP contribution in [0.3, 0.4) is 0 Å². The summed E-state index contributed by atoms with van der Waals surface area (Å²) in [5, 5.41) is 4.71. The third-order valence-corrected chi connectivity index (χ3v) is 21.2. The molecule has 2 unspecified atom stereocenters. The van der Waals surface area contributed by atoms with Crippen LogP contribution in [0, 0.1) is 0 Å². The Bertz CT molecular complexity index is 5680. The highest BCUT2D eigenvalue weighted by atomic mass is 15.2. The maximum atomic E-state index is 2.55. The van der Waals surface area contributed by atoms with Gasteiger partial charge in [-0.05, 0) is 174 Å². The van der Waals surface area contributed by atoms with E-state index in [0.717, 1.165) is 50.8 Å². The van der Waals surface area contributed by atoms with Crippen molar-refractivity contribution in [2.24, 2.45) is 0 Å². The molecule has 0 fully saturated rings. The molecule has 0 aliphatic heterocycles. The Balaban J connectivity index is 0.782. The fraction of sp³-hybridized carbons (Fsp3) is 0.0417. The number of hydrogen-bond donors (Lipinski definition) is 0. The normalized spacial score (nSPS) is 14.9. The van der Waals surface area contributed by atoms with E-state index in [1.54, 1.807) is 0 Å². The first-order valence-corrected chi connectivity index (χ1v) is 34.1. The largest absolute Gasteiger partial charge is 0.309 e. The van der Waals surface area contributed by atoms with Crippen molar-refractivity contribution in [3.05, 3.63) is 409 Å². The van der Waals surface area contributed by atoms with Gasteiger partial charge in [0, 0.05) is 44.0 Å². The number of rotatable bonds is 13. The quantitative estimate of drug-likeness (QED) is 0.114. The molecule has 0 N–H and O–H groups in total. The van der Waals surface area contributed by atoms with Crippen LogP contribution in [0.2, 0.25) is 0 Å². The number of benzene rings is 16. The Hall–Kier alpha value is -12.4. The summed E-state index contributed by atoms with van der Waals surface area (Å²) in [6.45, 7) is 4.85. The van der Waals surface area contributed by atoms with Crippen LogP contribution in [0.25, 0.3) is 99.4 Å². The lowest BCUT2D eigenvalue weighted by Gasteiger charge is -2.32. The van der Waals surface area contributed by atoms with Gasteiger partial charge in [0.15, 0.2) is 0 Å². The maximum absolute atomic E-state index is 2.55. The Morgan fingerprint density at radius 3 is 1.18 bits per heavy atom. The first-order valence-electron chi connectivity index (χ1n) is 34.1. The van der Waals surface area contributed by atoms with Crippen molar-refractivity contribution >= 4 is 55.7 Å². The van der Waals surface area contributed by atoms with E-state index in [-0.39, 0.29) is 5.41 Å². The Kier molecular flexibility index (Phi) is 14.2. The van der Waals surface area contributed by atoms with E-state index in [2.05, 4.69) is 400 Å². The molecular weight excluding hydrogens is 1180 g/mol. The standard InChI is InChI=1S/C96H68N2/c1-95(76-32-11-5-12-33-76)84-39-19-17-38-82(84)93-85(95)40-23-45-91(93)97(78-59-55-70(56-60-78)69-49-47-67(48-50-69)65-25-7-3-8-26-65)88-43-22-31-75-63-73(57-61-81(75)88)74-58-62-83-87(64-74)96(2,77-34-13-6-14-35-77)86-41-24-46-92(94(83)86)98(90-44-21-30-71-29-15-16-36-79(71)90)89-42-20-18-37-80(89)72-53-51-68(52-54-72)66-27-9-4-10-28-66/h3-64H,1-2H3. The van der Waals surface area contributed by atoms with Crippen LogP contribution in [0.5, 0.6) is 0 Å². The van der Waals surface area contributed by atoms with Crippen LogP contribution in [0.4, 0.5) is 34.1 Å². The lowest BCUT2D eigenvalue weighted by molar-refractivity contribution is 0.714. The van der Waals surface area contributed by atoms with Gasteiger partial charge in [0.05, 0.1) is 28.4 Å². The first-order chi connectivity index (χ1) is 48.4. The number of hydrogen-bond acceptors (Lipinski definition) is 2. The van der Waals surface area contributed by atoms with E-state index in [1.165, 1.54) is 116 Å². The summed E-state index contributed by atoms with van der Waals surface area (Å²) < 4.78 is 0. The summed E-state index contributed by atoms with van der Waals surface area (Å²) >= 11 is 0. The number of anilines is 6. The monoisotopic (exact) mass is 1250 g/mol. The molecule has 16 aromatic carbocycles. The highest BCUT2D eigenvalue weighted by Gasteiger charge is 2.45. The van der Waals surface area contributed by atoms with Gasteiger partial charge in [-0.2, -0.15) is 0 Å². The fourth-order valence-electron chi connectivity index (χ4n) is 16.3. The molecule has 2 aliphatic carbocycles. The average molecular weight is 1250 g/mol. The molecule has 18 rings (SSSR count). The fourth-order valence-corrected chi connectivity index (χ4v) is 16.3. The van der Waals surface area contributed by atoms with Gasteiger partial charge in [0.1, 0.15) is 0 Å². The van der Waals surface area contributed by atoms with Gasteiger partial charge in [-0.15, -0.1) is 0 Å². The van der Waals surface area contributed by atoms with Crippen molar-refractivity contribution in [1.29, 1.82) is 0 Å². The number of nitrogens with zero attached hydrogens (tertiary/aromatic N) is 2. The molecule has 2 aliphatic rings. The van der Waals surface area contributed by atoms with Crippen molar-refractivity contribution in [2.75, 3.05) is 9.80 Å². The van der Waals surface area contributed by atoms with Gasteiger partial charge in [0.25, 0.3) is 0 Å². The van der Waals surface area contributed by atoms with E-state index in [0.29, 0.717) is 0 Å². The van der Waals surface area contributed by atoms with E-state index < -0.39 is 5.41 Å². The Labute approximate surface area is 574 Å². The van der Waals surface area contributed by atoms with Crippen molar-refractivity contribution in [3.63, 3.8) is 0 Å². The van der Waals surface area contributed by atoms with Crippen LogP contribution in [-0.4, -0.2) is 0 Å². The second-order valence-corrected chi connectivity index (χ2v) is 26.5. The summed E-state index contributed by atoms with van der Waals surface area (Å²) in [6.07, 6.45) is 0. The molecule has 2 nitrogen and oxygen atoms in total. The third-order valence-electron chi connectivity index (χ3n) is 21.2. The Morgan fingerprint density at radius 1 is 0.204 bits per heavy atom. The molecule has 0 aromatic heterocycles. The van der Waals surface area contributed by atoms with Crippen LogP contribution >= 0.6 is 0 Å². The van der Waals surface area contributed by atoms with Gasteiger partial charge >= 0.3 is 0 Å². The zero-order valence-corrected chi connectivity index (χ0v) is 54.7. The van der Waals surface area contributed by atoms with Gasteiger partial charge < -0.3 is 9.80 Å². The highest BCUT2D eigenvalue weighted by Crippen LogP contribution is 2.60. The number of para-hydroxylation sites is 1. The SMILES string of the molecule is CC1(c2ccccc2)c2ccccc2-c2c(N(c3ccc(-c4ccc(-c5ccccc5)cc4)cc3)c3cccc4cc(-c5ccc6c(c5)C(C)(c5ccccc5)c5cccc(N(c7ccccc7-c7ccc(-c8ccccc8)cc7)c7cccc8ccccc78)c5-6)ccc34)cccc21. The lowest BCUT2D eigenvalue weighted by atomic mass is 9.74. The van der Waals surface area contributed by atoms with E-state index in [1.807, 2.05) is 0 Å². The van der Waals surface area contributed by atoms with Crippen LogP contribution in [0.15, 0.2) is 376 Å². The lowest BCUT2D eigenvalue weighted by Crippen LogP contribution is -2.22. The van der Waals surface area contributed by atoms with Gasteiger partial charge in [-0.1, -0.05) is 322 Å². The summed E-state index contributed by atoms with van der Waals surface area (Å²) in [7, 11) is 0. The minimum atomic E-state index is -0.508. The smallest absolute Gasteiger partial charge is 0.0543 e. The van der Waals surface area contributed by atoms with Crippen LogP contribution in [-0.2, 0) is 10.8 Å². The van der Waals surface area contributed by atoms with Crippen molar-refractivity contribution in [2.45, 2.75) is 24.7 Å². The molecule has 0 radical (unpaired) electrons. The zero-order chi connectivity index (χ0) is 65.3. The van der Waals surface area contributed by atoms with E-state index in [9.17, 15) is 0 Å². The van der Waals surface area contributed by atoms with Crippen LogP contribution in [0.1, 0.15) is 47.2 Å². The minimum absolute atomic E-state index is 0.369. The molecule has 2 atom stereocenters. The predicted molar refractivity (Wildman–Crippen MR) is 413 cm³/mol. The van der Waals surface area contributed by atoms with E-state index >= 15 is 0 Å².